The molecule has 2 rings (SSSR count). The number of aryl methyl sites for hydroxylation is 1. The van der Waals surface area contributed by atoms with Crippen molar-refractivity contribution in [1.29, 1.82) is 0 Å². The maximum Gasteiger partial charge on any atom is 0.161 e. The second-order valence-corrected chi connectivity index (χ2v) is 4.23. The summed E-state index contributed by atoms with van der Waals surface area (Å²) < 4.78 is 10.9. The van der Waals surface area contributed by atoms with Crippen molar-refractivity contribution in [2.24, 2.45) is 0 Å². The molecule has 0 amide bonds. The first kappa shape index (κ1) is 11.3. The Morgan fingerprint density at radius 1 is 1.31 bits per heavy atom. The van der Waals surface area contributed by atoms with E-state index in [2.05, 4.69) is 5.32 Å². The van der Waals surface area contributed by atoms with E-state index in [-0.39, 0.29) is 0 Å². The summed E-state index contributed by atoms with van der Waals surface area (Å²) in [5.41, 5.74) is 1.18. The Balaban J connectivity index is 1.82. The highest BCUT2D eigenvalue weighted by Crippen LogP contribution is 2.27. The smallest absolute Gasteiger partial charge is 0.161 e. The van der Waals surface area contributed by atoms with Gasteiger partial charge in [-0.25, -0.2) is 0 Å². The van der Waals surface area contributed by atoms with Gasteiger partial charge >= 0.3 is 0 Å². The first-order valence-electron chi connectivity index (χ1n) is 5.80. The van der Waals surface area contributed by atoms with Crippen LogP contribution >= 0.6 is 0 Å². The topological polar surface area (TPSA) is 30.5 Å². The Bertz CT molecular complexity index is 348. The normalized spacial score (nSPS) is 14.9. The minimum absolute atomic E-state index is 0.690. The van der Waals surface area contributed by atoms with Crippen molar-refractivity contribution in [1.82, 2.24) is 5.32 Å². The molecule has 1 aromatic rings. The quantitative estimate of drug-likeness (QED) is 0.746. The van der Waals surface area contributed by atoms with Gasteiger partial charge in [0.25, 0.3) is 0 Å². The third-order valence-electron chi connectivity index (χ3n) is 2.69. The average Bonchev–Trinajstić information content (AvgIpc) is 3.09. The van der Waals surface area contributed by atoms with Crippen LogP contribution in [0.15, 0.2) is 18.2 Å². The lowest BCUT2D eigenvalue weighted by Crippen LogP contribution is -2.22. The Labute approximate surface area is 96.8 Å². The van der Waals surface area contributed by atoms with Crippen LogP contribution in [0.25, 0.3) is 0 Å². The number of methoxy groups -OCH3 is 1. The van der Waals surface area contributed by atoms with Gasteiger partial charge in [0.05, 0.1) is 7.11 Å². The molecule has 1 aliphatic rings. The molecule has 1 aliphatic carbocycles. The molecule has 0 aromatic heterocycles. The second-order valence-electron chi connectivity index (χ2n) is 4.23. The van der Waals surface area contributed by atoms with Crippen molar-refractivity contribution >= 4 is 0 Å². The lowest BCUT2D eigenvalue weighted by molar-refractivity contribution is 0.292. The molecule has 0 aliphatic heterocycles. The van der Waals surface area contributed by atoms with Crippen molar-refractivity contribution in [3.63, 3.8) is 0 Å². The van der Waals surface area contributed by atoms with E-state index in [9.17, 15) is 0 Å². The monoisotopic (exact) mass is 221 g/mol. The Kier molecular flexibility index (Phi) is 3.67. The highest BCUT2D eigenvalue weighted by Gasteiger charge is 2.19. The maximum absolute atomic E-state index is 5.67. The third-order valence-corrected chi connectivity index (χ3v) is 2.69. The van der Waals surface area contributed by atoms with Crippen molar-refractivity contribution < 1.29 is 9.47 Å². The summed E-state index contributed by atoms with van der Waals surface area (Å²) >= 11 is 0. The fourth-order valence-corrected chi connectivity index (χ4v) is 1.61. The zero-order valence-corrected chi connectivity index (χ0v) is 9.95. The van der Waals surface area contributed by atoms with Gasteiger partial charge in [-0.05, 0) is 37.5 Å². The zero-order chi connectivity index (χ0) is 11.4. The van der Waals surface area contributed by atoms with E-state index in [0.29, 0.717) is 6.61 Å². The number of benzene rings is 1. The van der Waals surface area contributed by atoms with Gasteiger partial charge in [0.1, 0.15) is 6.61 Å². The molecule has 0 bridgehead atoms. The van der Waals surface area contributed by atoms with Gasteiger partial charge in [0.2, 0.25) is 0 Å². The molecule has 1 N–H and O–H groups in total. The minimum Gasteiger partial charge on any atom is -0.493 e. The number of ether oxygens (including phenoxy) is 2. The standard InChI is InChI=1S/C13H19NO2/c1-10-3-6-12(13(9-10)15-2)16-8-7-14-11-4-5-11/h3,6,9,11,14H,4-5,7-8H2,1-2H3. The van der Waals surface area contributed by atoms with Gasteiger partial charge in [-0.2, -0.15) is 0 Å². The van der Waals surface area contributed by atoms with E-state index >= 15 is 0 Å². The first-order valence-corrected chi connectivity index (χ1v) is 5.80. The van der Waals surface area contributed by atoms with Crippen LogP contribution in [-0.2, 0) is 0 Å². The summed E-state index contributed by atoms with van der Waals surface area (Å²) in [6.07, 6.45) is 2.63. The molecule has 0 heterocycles. The van der Waals surface area contributed by atoms with E-state index in [1.54, 1.807) is 7.11 Å². The van der Waals surface area contributed by atoms with Crippen LogP contribution in [0.5, 0.6) is 11.5 Å². The Hall–Kier alpha value is -1.22. The molecule has 1 aromatic carbocycles. The van der Waals surface area contributed by atoms with Crippen LogP contribution in [-0.4, -0.2) is 26.3 Å². The highest BCUT2D eigenvalue weighted by atomic mass is 16.5. The van der Waals surface area contributed by atoms with Crippen molar-refractivity contribution in [3.8, 4) is 11.5 Å². The van der Waals surface area contributed by atoms with Gasteiger partial charge in [0.15, 0.2) is 11.5 Å². The van der Waals surface area contributed by atoms with E-state index < -0.39 is 0 Å². The van der Waals surface area contributed by atoms with E-state index in [4.69, 9.17) is 9.47 Å². The molecule has 1 saturated carbocycles. The Morgan fingerprint density at radius 2 is 2.12 bits per heavy atom. The minimum atomic E-state index is 0.690. The third kappa shape index (κ3) is 3.14. The summed E-state index contributed by atoms with van der Waals surface area (Å²) in [4.78, 5) is 0. The van der Waals surface area contributed by atoms with Crippen LogP contribution in [0.4, 0.5) is 0 Å². The van der Waals surface area contributed by atoms with Gasteiger partial charge in [-0.15, -0.1) is 0 Å². The van der Waals surface area contributed by atoms with E-state index in [0.717, 1.165) is 24.1 Å². The predicted octanol–water partition coefficient (Wildman–Crippen LogP) is 2.13. The maximum atomic E-state index is 5.67. The van der Waals surface area contributed by atoms with E-state index in [1.807, 2.05) is 25.1 Å². The summed E-state index contributed by atoms with van der Waals surface area (Å²) in [5.74, 6) is 1.64. The molecule has 0 atom stereocenters. The average molecular weight is 221 g/mol. The van der Waals surface area contributed by atoms with Crippen molar-refractivity contribution in [3.05, 3.63) is 23.8 Å². The molecular weight excluding hydrogens is 202 g/mol. The molecule has 88 valence electrons. The van der Waals surface area contributed by atoms with Crippen molar-refractivity contribution in [2.75, 3.05) is 20.3 Å². The SMILES string of the molecule is COc1cc(C)ccc1OCCNC1CC1. The first-order chi connectivity index (χ1) is 7.79. The van der Waals surface area contributed by atoms with Crippen LogP contribution in [0.1, 0.15) is 18.4 Å². The molecule has 0 saturated heterocycles. The molecule has 16 heavy (non-hydrogen) atoms. The van der Waals surface area contributed by atoms with Crippen LogP contribution in [0.3, 0.4) is 0 Å². The van der Waals surface area contributed by atoms with Gasteiger partial charge < -0.3 is 14.8 Å². The molecule has 0 unspecified atom stereocenters. The van der Waals surface area contributed by atoms with Crippen LogP contribution in [0, 0.1) is 6.92 Å². The predicted molar refractivity (Wildman–Crippen MR) is 64.3 cm³/mol. The molecule has 0 radical (unpaired) electrons. The molecule has 1 fully saturated rings. The lowest BCUT2D eigenvalue weighted by atomic mass is 10.2. The van der Waals surface area contributed by atoms with E-state index in [1.165, 1.54) is 18.4 Å². The zero-order valence-electron chi connectivity index (χ0n) is 9.95. The van der Waals surface area contributed by atoms with Gasteiger partial charge in [-0.1, -0.05) is 6.07 Å². The summed E-state index contributed by atoms with van der Waals surface area (Å²) in [5, 5.41) is 3.41. The lowest BCUT2D eigenvalue weighted by Gasteiger charge is -2.11. The fourth-order valence-electron chi connectivity index (χ4n) is 1.61. The molecule has 0 spiro atoms. The number of hydrogen-bond acceptors (Lipinski definition) is 3. The van der Waals surface area contributed by atoms with Crippen LogP contribution < -0.4 is 14.8 Å². The largest absolute Gasteiger partial charge is 0.493 e. The van der Waals surface area contributed by atoms with Gasteiger partial charge in [-0.3, -0.25) is 0 Å². The molecular formula is C13H19NO2. The molecule has 3 nitrogen and oxygen atoms in total. The van der Waals surface area contributed by atoms with Gasteiger partial charge in [0, 0.05) is 12.6 Å². The molecule has 3 heteroatoms. The second kappa shape index (κ2) is 5.21. The Morgan fingerprint density at radius 3 is 2.81 bits per heavy atom. The fraction of sp³-hybridized carbons (Fsp3) is 0.538. The number of rotatable bonds is 6. The van der Waals surface area contributed by atoms with Crippen LogP contribution in [0.2, 0.25) is 0 Å². The summed E-state index contributed by atoms with van der Waals surface area (Å²) in [6.45, 7) is 3.64. The number of nitrogens with one attached hydrogen (secondary N) is 1. The van der Waals surface area contributed by atoms with Crippen molar-refractivity contribution in [2.45, 2.75) is 25.8 Å². The highest BCUT2D eigenvalue weighted by molar-refractivity contribution is 5.42. The number of hydrogen-bond donors (Lipinski definition) is 1. The summed E-state index contributed by atoms with van der Waals surface area (Å²) in [7, 11) is 1.67. The summed E-state index contributed by atoms with van der Waals surface area (Å²) in [6, 6.07) is 6.73.